The summed E-state index contributed by atoms with van der Waals surface area (Å²) in [4.78, 5) is 0.567. The maximum atomic E-state index is 13.2. The van der Waals surface area contributed by atoms with Crippen LogP contribution in [0.5, 0.6) is 11.5 Å². The van der Waals surface area contributed by atoms with Gasteiger partial charge in [-0.25, -0.2) is 8.78 Å². The highest BCUT2D eigenvalue weighted by atomic mass is 32.2. The third-order valence-corrected chi connectivity index (χ3v) is 4.62. The molecule has 1 aliphatic rings. The van der Waals surface area contributed by atoms with Crippen molar-refractivity contribution in [3.05, 3.63) is 53.1 Å². The lowest BCUT2D eigenvalue weighted by Gasteiger charge is -2.14. The molecule has 1 N–H and O–H groups in total. The second-order valence-corrected chi connectivity index (χ2v) is 6.52. The molecule has 0 bridgehead atoms. The number of aliphatic hydroxyl groups excluding tert-OH is 1. The molecule has 0 saturated heterocycles. The number of benzene rings is 2. The molecule has 0 fully saturated rings. The summed E-state index contributed by atoms with van der Waals surface area (Å²) in [6.07, 6.45) is 1.93. The molecule has 22 heavy (non-hydrogen) atoms. The fourth-order valence-electron chi connectivity index (χ4n) is 2.73. The van der Waals surface area contributed by atoms with E-state index in [0.29, 0.717) is 29.1 Å². The van der Waals surface area contributed by atoms with E-state index in [1.165, 1.54) is 0 Å². The highest BCUT2D eigenvalue weighted by molar-refractivity contribution is 7.84. The van der Waals surface area contributed by atoms with Gasteiger partial charge in [0.05, 0.1) is 16.9 Å². The molecule has 0 saturated carbocycles. The molecule has 116 valence electrons. The molecule has 3 rings (SSSR count). The minimum Gasteiger partial charge on any atom is -0.457 e. The molecule has 2 aromatic carbocycles. The van der Waals surface area contributed by atoms with Crippen LogP contribution in [0.25, 0.3) is 0 Å². The number of halogens is 2. The van der Waals surface area contributed by atoms with Crippen molar-refractivity contribution in [2.24, 2.45) is 0 Å². The average molecular weight is 324 g/mol. The molecule has 0 aromatic heterocycles. The summed E-state index contributed by atoms with van der Waals surface area (Å²) in [5, 5.41) is 10.1. The summed E-state index contributed by atoms with van der Waals surface area (Å²) < 4.78 is 43.8. The maximum absolute atomic E-state index is 13.2. The Morgan fingerprint density at radius 3 is 2.55 bits per heavy atom. The second kappa shape index (κ2) is 5.78. The molecule has 0 spiro atoms. The van der Waals surface area contributed by atoms with E-state index in [4.69, 9.17) is 4.74 Å². The number of fused-ring (bicyclic) bond motifs is 1. The van der Waals surface area contributed by atoms with Crippen LogP contribution in [0.3, 0.4) is 0 Å². The lowest BCUT2D eigenvalue weighted by Crippen LogP contribution is -2.01. The summed E-state index contributed by atoms with van der Waals surface area (Å²) in [5.74, 6) is -0.979. The van der Waals surface area contributed by atoms with Crippen molar-refractivity contribution in [3.63, 3.8) is 0 Å². The highest BCUT2D eigenvalue weighted by Crippen LogP contribution is 2.41. The van der Waals surface area contributed by atoms with Crippen LogP contribution in [0.2, 0.25) is 0 Å². The van der Waals surface area contributed by atoms with Crippen molar-refractivity contribution >= 4 is 10.8 Å². The van der Waals surface area contributed by atoms with Crippen molar-refractivity contribution < 1.29 is 22.8 Å². The molecule has 6 heteroatoms. The van der Waals surface area contributed by atoms with E-state index in [1.807, 2.05) is 0 Å². The van der Waals surface area contributed by atoms with E-state index >= 15 is 0 Å². The van der Waals surface area contributed by atoms with Gasteiger partial charge >= 0.3 is 0 Å². The van der Waals surface area contributed by atoms with Crippen LogP contribution in [-0.2, 0) is 17.2 Å². The van der Waals surface area contributed by atoms with Gasteiger partial charge < -0.3 is 9.84 Å². The fraction of sp³-hybridized carbons (Fsp3) is 0.250. The molecule has 0 aliphatic heterocycles. The number of aliphatic hydroxyl groups is 1. The van der Waals surface area contributed by atoms with Gasteiger partial charge in [0.2, 0.25) is 0 Å². The number of hydrogen-bond acceptors (Lipinski definition) is 3. The van der Waals surface area contributed by atoms with Gasteiger partial charge in [-0.1, -0.05) is 0 Å². The molecule has 3 nitrogen and oxygen atoms in total. The summed E-state index contributed by atoms with van der Waals surface area (Å²) in [5.41, 5.74) is 1.35. The van der Waals surface area contributed by atoms with Crippen LogP contribution < -0.4 is 4.74 Å². The Bertz CT molecular complexity index is 741. The predicted molar refractivity (Wildman–Crippen MR) is 78.5 cm³/mol. The molecule has 1 aliphatic carbocycles. The van der Waals surface area contributed by atoms with Crippen LogP contribution in [0.15, 0.2) is 35.2 Å². The first kappa shape index (κ1) is 15.1. The van der Waals surface area contributed by atoms with E-state index in [-0.39, 0.29) is 5.75 Å². The molecule has 0 amide bonds. The maximum Gasteiger partial charge on any atom is 0.133 e. The van der Waals surface area contributed by atoms with E-state index in [2.05, 4.69) is 0 Å². The normalized spacial score (nSPS) is 18.1. The average Bonchev–Trinajstić information content (AvgIpc) is 2.80. The van der Waals surface area contributed by atoms with Gasteiger partial charge in [0.15, 0.2) is 0 Å². The van der Waals surface area contributed by atoms with Crippen LogP contribution in [0.1, 0.15) is 23.7 Å². The molecule has 2 atom stereocenters. The third kappa shape index (κ3) is 2.76. The number of hydrogen-bond donors (Lipinski definition) is 1. The SMILES string of the molecule is CS(=O)c1ccc(Oc2cc(F)cc(F)c2)c2c1C(O)CC2. The Balaban J connectivity index is 2.04. The van der Waals surface area contributed by atoms with Crippen LogP contribution >= 0.6 is 0 Å². The minimum atomic E-state index is -1.23. The van der Waals surface area contributed by atoms with Crippen molar-refractivity contribution in [1.82, 2.24) is 0 Å². The smallest absolute Gasteiger partial charge is 0.133 e. The van der Waals surface area contributed by atoms with Crippen molar-refractivity contribution in [3.8, 4) is 11.5 Å². The van der Waals surface area contributed by atoms with Gasteiger partial charge in [0, 0.05) is 40.5 Å². The Morgan fingerprint density at radius 2 is 1.91 bits per heavy atom. The molecule has 0 radical (unpaired) electrons. The Morgan fingerprint density at radius 1 is 1.23 bits per heavy atom. The first-order valence-corrected chi connectivity index (χ1v) is 8.32. The van der Waals surface area contributed by atoms with Gasteiger partial charge in [-0.3, -0.25) is 4.21 Å². The second-order valence-electron chi connectivity index (χ2n) is 5.17. The fourth-order valence-corrected chi connectivity index (χ4v) is 3.56. The summed E-state index contributed by atoms with van der Waals surface area (Å²) >= 11 is 0. The molecule has 0 heterocycles. The first-order chi connectivity index (χ1) is 10.5. The van der Waals surface area contributed by atoms with Gasteiger partial charge in [0.25, 0.3) is 0 Å². The van der Waals surface area contributed by atoms with Gasteiger partial charge in [-0.2, -0.15) is 0 Å². The lowest BCUT2D eigenvalue weighted by molar-refractivity contribution is 0.177. The van der Waals surface area contributed by atoms with Gasteiger partial charge in [-0.15, -0.1) is 0 Å². The van der Waals surface area contributed by atoms with E-state index in [1.54, 1.807) is 18.4 Å². The summed E-state index contributed by atoms with van der Waals surface area (Å²) in [7, 11) is -1.23. The number of ether oxygens (including phenoxy) is 1. The highest BCUT2D eigenvalue weighted by Gasteiger charge is 2.28. The zero-order chi connectivity index (χ0) is 15.9. The van der Waals surface area contributed by atoms with Gasteiger partial charge in [0.1, 0.15) is 23.1 Å². The lowest BCUT2D eigenvalue weighted by atomic mass is 10.1. The van der Waals surface area contributed by atoms with E-state index < -0.39 is 28.5 Å². The first-order valence-electron chi connectivity index (χ1n) is 6.77. The Kier molecular flexibility index (Phi) is 3.97. The van der Waals surface area contributed by atoms with E-state index in [0.717, 1.165) is 23.8 Å². The Labute approximate surface area is 129 Å². The number of rotatable bonds is 3. The third-order valence-electron chi connectivity index (χ3n) is 3.65. The quantitative estimate of drug-likeness (QED) is 0.940. The molecule has 2 aromatic rings. The van der Waals surface area contributed by atoms with E-state index in [9.17, 15) is 18.1 Å². The van der Waals surface area contributed by atoms with Gasteiger partial charge in [-0.05, 0) is 25.0 Å². The van der Waals surface area contributed by atoms with Crippen molar-refractivity contribution in [2.45, 2.75) is 23.8 Å². The predicted octanol–water partition coefficient (Wildman–Crippen LogP) is 3.47. The zero-order valence-electron chi connectivity index (χ0n) is 11.8. The van der Waals surface area contributed by atoms with Crippen LogP contribution in [0.4, 0.5) is 8.78 Å². The standard InChI is InChI=1S/C16H14F2O3S/c1-22(20)15-5-4-14(12-2-3-13(19)16(12)15)21-11-7-9(17)6-10(18)8-11/h4-8,13,19H,2-3H2,1H3. The summed E-state index contributed by atoms with van der Waals surface area (Å²) in [6.45, 7) is 0. The zero-order valence-corrected chi connectivity index (χ0v) is 12.6. The van der Waals surface area contributed by atoms with Crippen molar-refractivity contribution in [2.75, 3.05) is 6.26 Å². The summed E-state index contributed by atoms with van der Waals surface area (Å²) in [6, 6.07) is 6.19. The van der Waals surface area contributed by atoms with Crippen LogP contribution in [-0.4, -0.2) is 15.6 Å². The molecular weight excluding hydrogens is 310 g/mol. The topological polar surface area (TPSA) is 46.5 Å². The Hall–Kier alpha value is -1.79. The van der Waals surface area contributed by atoms with Crippen LogP contribution in [0, 0.1) is 11.6 Å². The van der Waals surface area contributed by atoms with Crippen molar-refractivity contribution in [1.29, 1.82) is 0 Å². The largest absolute Gasteiger partial charge is 0.457 e. The minimum absolute atomic E-state index is 0.0476. The molecule has 2 unspecified atom stereocenters. The molecular formula is C16H14F2O3S. The monoisotopic (exact) mass is 324 g/mol.